The number of aromatic nitrogens is 2. The van der Waals surface area contributed by atoms with Gasteiger partial charge in [-0.2, -0.15) is 4.57 Å². The van der Waals surface area contributed by atoms with Gasteiger partial charge in [0.25, 0.3) is 6.33 Å². The summed E-state index contributed by atoms with van der Waals surface area (Å²) in [7, 11) is 3.36. The molecule has 19 heavy (non-hydrogen) atoms. The second kappa shape index (κ2) is 7.52. The van der Waals surface area contributed by atoms with E-state index in [0.29, 0.717) is 19.8 Å². The summed E-state index contributed by atoms with van der Waals surface area (Å²) in [5, 5.41) is 0. The van der Waals surface area contributed by atoms with Crippen molar-refractivity contribution in [1.29, 1.82) is 0 Å². The summed E-state index contributed by atoms with van der Waals surface area (Å²) in [5.74, 6) is -0.427. The zero-order valence-electron chi connectivity index (χ0n) is 11.5. The van der Waals surface area contributed by atoms with E-state index in [1.165, 1.54) is 9.47 Å². The van der Waals surface area contributed by atoms with E-state index in [1.807, 2.05) is 7.05 Å². The van der Waals surface area contributed by atoms with Crippen LogP contribution >= 0.6 is 0 Å². The van der Waals surface area contributed by atoms with E-state index in [4.69, 9.17) is 9.47 Å². The third-order valence-corrected chi connectivity index (χ3v) is 2.45. The average molecular weight is 270 g/mol. The molecule has 1 aromatic heterocycles. The highest BCUT2D eigenvalue weighted by atomic mass is 16.5. The van der Waals surface area contributed by atoms with Gasteiger partial charge in [0.1, 0.15) is 18.9 Å². The third-order valence-electron chi connectivity index (χ3n) is 2.45. The summed E-state index contributed by atoms with van der Waals surface area (Å²) in [6.07, 6.45) is 5.01. The lowest BCUT2D eigenvalue weighted by molar-refractivity contribution is -0.670. The summed E-state index contributed by atoms with van der Waals surface area (Å²) in [6.45, 7) is 2.63. The molecule has 0 unspecified atom stereocenters. The SMILES string of the molecule is CCOC(=O)CN(CCOC)C(=O)n1cc[n+](C)c1. The first-order valence-corrected chi connectivity index (χ1v) is 6.05. The molecule has 0 saturated carbocycles. The molecule has 1 heterocycles. The fourth-order valence-electron chi connectivity index (χ4n) is 1.53. The lowest BCUT2D eigenvalue weighted by atomic mass is 10.5. The van der Waals surface area contributed by atoms with Crippen molar-refractivity contribution in [3.63, 3.8) is 0 Å². The first-order chi connectivity index (χ1) is 9.08. The van der Waals surface area contributed by atoms with E-state index >= 15 is 0 Å². The number of hydrogen-bond donors (Lipinski definition) is 0. The van der Waals surface area contributed by atoms with Crippen LogP contribution in [-0.4, -0.2) is 54.9 Å². The Morgan fingerprint density at radius 3 is 2.68 bits per heavy atom. The Labute approximate surface area is 112 Å². The fourth-order valence-corrected chi connectivity index (χ4v) is 1.53. The molecule has 1 aromatic rings. The smallest absolute Gasteiger partial charge is 0.416 e. The number of methoxy groups -OCH3 is 1. The summed E-state index contributed by atoms with van der Waals surface area (Å²) < 4.78 is 13.0. The van der Waals surface area contributed by atoms with Gasteiger partial charge in [-0.1, -0.05) is 0 Å². The molecule has 0 fully saturated rings. The Morgan fingerprint density at radius 1 is 1.42 bits per heavy atom. The number of aryl methyl sites for hydroxylation is 1. The summed E-state index contributed by atoms with van der Waals surface area (Å²) in [5.41, 5.74) is 0. The van der Waals surface area contributed by atoms with E-state index < -0.39 is 5.97 Å². The van der Waals surface area contributed by atoms with Crippen LogP contribution in [0.1, 0.15) is 6.92 Å². The van der Waals surface area contributed by atoms with E-state index in [0.717, 1.165) is 0 Å². The van der Waals surface area contributed by atoms with Crippen LogP contribution in [0.15, 0.2) is 18.7 Å². The molecule has 0 radical (unpaired) electrons. The van der Waals surface area contributed by atoms with Crippen molar-refractivity contribution >= 4 is 12.0 Å². The van der Waals surface area contributed by atoms with Gasteiger partial charge >= 0.3 is 12.0 Å². The molecule has 0 aliphatic rings. The minimum atomic E-state index is -0.427. The van der Waals surface area contributed by atoms with Crippen molar-refractivity contribution in [3.05, 3.63) is 18.7 Å². The van der Waals surface area contributed by atoms with Crippen LogP contribution < -0.4 is 4.57 Å². The quantitative estimate of drug-likeness (QED) is 0.530. The van der Waals surface area contributed by atoms with Crippen LogP contribution in [0, 0.1) is 0 Å². The molecule has 7 nitrogen and oxygen atoms in total. The standard InChI is InChI=1S/C12H20N3O4/c1-4-19-11(16)9-14(7-8-18-3)12(17)15-6-5-13(2)10-15/h5-6,10H,4,7-9H2,1-3H3/q+1. The minimum Gasteiger partial charge on any atom is -0.465 e. The number of carbonyl (C=O) groups is 2. The van der Waals surface area contributed by atoms with E-state index in [-0.39, 0.29) is 12.6 Å². The van der Waals surface area contributed by atoms with Gasteiger partial charge in [-0.3, -0.25) is 9.69 Å². The Balaban J connectivity index is 2.72. The van der Waals surface area contributed by atoms with Gasteiger partial charge in [0.2, 0.25) is 0 Å². The number of hydrogen-bond acceptors (Lipinski definition) is 4. The van der Waals surface area contributed by atoms with E-state index in [1.54, 1.807) is 37.3 Å². The predicted molar refractivity (Wildman–Crippen MR) is 66.5 cm³/mol. The molecule has 0 bridgehead atoms. The molecular weight excluding hydrogens is 250 g/mol. The van der Waals surface area contributed by atoms with Crippen molar-refractivity contribution in [2.24, 2.45) is 7.05 Å². The first-order valence-electron chi connectivity index (χ1n) is 6.05. The number of ether oxygens (including phenoxy) is 2. The lowest BCUT2D eigenvalue weighted by Gasteiger charge is -2.18. The number of carbonyl (C=O) groups excluding carboxylic acids is 2. The maximum atomic E-state index is 12.2. The van der Waals surface area contributed by atoms with Crippen LogP contribution in [0.2, 0.25) is 0 Å². The zero-order chi connectivity index (χ0) is 14.3. The molecule has 0 N–H and O–H groups in total. The van der Waals surface area contributed by atoms with Gasteiger partial charge in [0.05, 0.1) is 20.3 Å². The van der Waals surface area contributed by atoms with Gasteiger partial charge in [0, 0.05) is 13.7 Å². The normalized spacial score (nSPS) is 10.3. The zero-order valence-corrected chi connectivity index (χ0v) is 11.5. The van der Waals surface area contributed by atoms with Gasteiger partial charge in [-0.05, 0) is 6.92 Å². The molecule has 7 heteroatoms. The summed E-state index contributed by atoms with van der Waals surface area (Å²) in [6, 6.07) is -0.286. The summed E-state index contributed by atoms with van der Waals surface area (Å²) in [4.78, 5) is 25.1. The third kappa shape index (κ3) is 4.70. The summed E-state index contributed by atoms with van der Waals surface area (Å²) >= 11 is 0. The van der Waals surface area contributed by atoms with Crippen LogP contribution in [0.3, 0.4) is 0 Å². The molecule has 1 rings (SSSR count). The fraction of sp³-hybridized carbons (Fsp3) is 0.583. The van der Waals surface area contributed by atoms with Crippen LogP contribution in [0.25, 0.3) is 0 Å². The highest BCUT2D eigenvalue weighted by Crippen LogP contribution is 1.97. The Bertz CT molecular complexity index is 430. The molecular formula is C12H20N3O4+. The predicted octanol–water partition coefficient (Wildman–Crippen LogP) is -0.208. The second-order valence-electron chi connectivity index (χ2n) is 3.99. The molecule has 0 aliphatic carbocycles. The Morgan fingerprint density at radius 2 is 2.16 bits per heavy atom. The molecule has 0 atom stereocenters. The van der Waals surface area contributed by atoms with Crippen molar-refractivity contribution in [1.82, 2.24) is 9.47 Å². The van der Waals surface area contributed by atoms with Crippen molar-refractivity contribution in [2.45, 2.75) is 6.92 Å². The maximum absolute atomic E-state index is 12.2. The maximum Gasteiger partial charge on any atom is 0.416 e. The molecule has 0 saturated heterocycles. The second-order valence-corrected chi connectivity index (χ2v) is 3.99. The molecule has 106 valence electrons. The van der Waals surface area contributed by atoms with Crippen LogP contribution in [0.4, 0.5) is 4.79 Å². The monoisotopic (exact) mass is 270 g/mol. The van der Waals surface area contributed by atoms with Crippen LogP contribution in [0.5, 0.6) is 0 Å². The minimum absolute atomic E-state index is 0.0854. The number of rotatable bonds is 6. The van der Waals surface area contributed by atoms with Crippen molar-refractivity contribution < 1.29 is 23.6 Å². The van der Waals surface area contributed by atoms with E-state index in [2.05, 4.69) is 0 Å². The number of nitrogens with zero attached hydrogens (tertiary/aromatic N) is 3. The molecule has 0 aliphatic heterocycles. The number of imidazole rings is 1. The Hall–Kier alpha value is -1.89. The number of esters is 1. The average Bonchev–Trinajstić information content (AvgIpc) is 2.80. The van der Waals surface area contributed by atoms with Gasteiger partial charge in [0.15, 0.2) is 0 Å². The largest absolute Gasteiger partial charge is 0.465 e. The number of amides is 1. The highest BCUT2D eigenvalue weighted by molar-refractivity contribution is 5.82. The molecule has 1 amide bonds. The van der Waals surface area contributed by atoms with E-state index in [9.17, 15) is 9.59 Å². The molecule has 0 spiro atoms. The molecule has 0 aromatic carbocycles. The van der Waals surface area contributed by atoms with Gasteiger partial charge in [-0.25, -0.2) is 9.36 Å². The van der Waals surface area contributed by atoms with Gasteiger partial charge < -0.3 is 9.47 Å². The highest BCUT2D eigenvalue weighted by Gasteiger charge is 2.23. The van der Waals surface area contributed by atoms with Gasteiger partial charge in [-0.15, -0.1) is 0 Å². The Kier molecular flexibility index (Phi) is 6.01. The van der Waals surface area contributed by atoms with Crippen molar-refractivity contribution in [3.8, 4) is 0 Å². The topological polar surface area (TPSA) is 64.6 Å². The van der Waals surface area contributed by atoms with Crippen molar-refractivity contribution in [2.75, 3.05) is 33.4 Å². The first kappa shape index (κ1) is 15.2. The van der Waals surface area contributed by atoms with Crippen LogP contribution in [-0.2, 0) is 21.3 Å². The lowest BCUT2D eigenvalue weighted by Crippen LogP contribution is -2.41.